The number of allylic oxidation sites excluding steroid dienone is 1. The number of hydrogen-bond acceptors (Lipinski definition) is 7. The lowest BCUT2D eigenvalue weighted by molar-refractivity contribution is 0.881. The van der Waals surface area contributed by atoms with Crippen molar-refractivity contribution in [2.24, 2.45) is 0 Å². The van der Waals surface area contributed by atoms with Gasteiger partial charge in [0.25, 0.3) is 0 Å². The Morgan fingerprint density at radius 2 is 2.08 bits per heavy atom. The second kappa shape index (κ2) is 6.45. The number of H-pyrrole nitrogens is 1. The molecule has 2 N–H and O–H groups in total. The number of benzene rings is 1. The molecular weight excluding hydrogens is 330 g/mol. The van der Waals surface area contributed by atoms with E-state index in [1.807, 2.05) is 60.1 Å². The van der Waals surface area contributed by atoms with Crippen molar-refractivity contribution in [2.75, 3.05) is 5.32 Å². The summed E-state index contributed by atoms with van der Waals surface area (Å²) in [5.41, 5.74) is 3.85. The number of fused-ring (bicyclic) bond motifs is 1. The van der Waals surface area contributed by atoms with Gasteiger partial charge in [0, 0.05) is 35.5 Å². The lowest BCUT2D eigenvalue weighted by Gasteiger charge is -2.02. The first-order chi connectivity index (χ1) is 12.7. The average Bonchev–Trinajstić information content (AvgIpc) is 3.32. The fourth-order valence-electron chi connectivity index (χ4n) is 2.41. The van der Waals surface area contributed by atoms with E-state index in [9.17, 15) is 0 Å². The van der Waals surface area contributed by atoms with Gasteiger partial charge in [-0.3, -0.25) is 4.40 Å². The van der Waals surface area contributed by atoms with Crippen molar-refractivity contribution in [3.05, 3.63) is 60.4 Å². The fraction of sp³-hybridized carbons (Fsp3) is 0.0588. The van der Waals surface area contributed by atoms with Crippen LogP contribution in [0.2, 0.25) is 0 Å². The third kappa shape index (κ3) is 2.99. The Morgan fingerprint density at radius 3 is 2.81 bits per heavy atom. The summed E-state index contributed by atoms with van der Waals surface area (Å²) in [5.74, 6) is 0.910. The number of hydrogen-bond donors (Lipinski definition) is 2. The number of tetrazole rings is 1. The van der Waals surface area contributed by atoms with Gasteiger partial charge >= 0.3 is 0 Å². The van der Waals surface area contributed by atoms with Crippen LogP contribution in [-0.4, -0.2) is 35.0 Å². The maximum Gasteiger partial charge on any atom is 0.234 e. The van der Waals surface area contributed by atoms with Crippen LogP contribution in [0.15, 0.2) is 48.9 Å². The van der Waals surface area contributed by atoms with Crippen molar-refractivity contribution in [1.29, 1.82) is 5.26 Å². The molecule has 0 aliphatic rings. The van der Waals surface area contributed by atoms with E-state index in [0.29, 0.717) is 5.78 Å². The minimum atomic E-state index is 0.240. The van der Waals surface area contributed by atoms with E-state index in [2.05, 4.69) is 35.9 Å². The van der Waals surface area contributed by atoms with Gasteiger partial charge in [-0.05, 0) is 30.3 Å². The molecule has 0 spiro atoms. The molecule has 26 heavy (non-hydrogen) atoms. The van der Waals surface area contributed by atoms with E-state index in [1.165, 1.54) is 6.20 Å². The third-order valence-corrected chi connectivity index (χ3v) is 3.74. The maximum atomic E-state index is 9.16. The Balaban J connectivity index is 1.55. The molecule has 4 aromatic rings. The molecule has 0 fully saturated rings. The molecule has 126 valence electrons. The van der Waals surface area contributed by atoms with Crippen molar-refractivity contribution >= 4 is 17.0 Å². The van der Waals surface area contributed by atoms with Gasteiger partial charge < -0.3 is 5.32 Å². The lowest BCUT2D eigenvalue weighted by atomic mass is 10.1. The van der Waals surface area contributed by atoms with Crippen LogP contribution in [0, 0.1) is 18.3 Å². The van der Waals surface area contributed by atoms with Crippen molar-refractivity contribution in [3.8, 4) is 17.3 Å². The summed E-state index contributed by atoms with van der Waals surface area (Å²) < 4.78 is 1.89. The highest BCUT2D eigenvalue weighted by Crippen LogP contribution is 2.21. The Labute approximate surface area is 148 Å². The molecule has 3 heterocycles. The number of rotatable bonds is 4. The number of aryl methyl sites for hydroxylation is 1. The number of anilines is 1. The molecule has 9 heteroatoms. The van der Waals surface area contributed by atoms with Gasteiger partial charge in [0.15, 0.2) is 0 Å². The highest BCUT2D eigenvalue weighted by molar-refractivity contribution is 5.74. The van der Waals surface area contributed by atoms with Crippen molar-refractivity contribution in [3.63, 3.8) is 0 Å². The molecule has 0 aliphatic heterocycles. The molecule has 9 nitrogen and oxygen atoms in total. The van der Waals surface area contributed by atoms with E-state index in [1.54, 1.807) is 0 Å². The predicted octanol–water partition coefficient (Wildman–Crippen LogP) is 2.19. The van der Waals surface area contributed by atoms with Crippen LogP contribution >= 0.6 is 0 Å². The summed E-state index contributed by atoms with van der Waals surface area (Å²) in [5, 5.41) is 25.5. The van der Waals surface area contributed by atoms with Crippen LogP contribution in [0.1, 0.15) is 11.5 Å². The predicted molar refractivity (Wildman–Crippen MR) is 94.6 cm³/mol. The van der Waals surface area contributed by atoms with Crippen molar-refractivity contribution < 1.29 is 0 Å². The monoisotopic (exact) mass is 343 g/mol. The molecule has 0 unspecified atom stereocenters. The van der Waals surface area contributed by atoms with Crippen LogP contribution in [0.5, 0.6) is 0 Å². The highest BCUT2D eigenvalue weighted by Gasteiger charge is 2.07. The zero-order valence-electron chi connectivity index (χ0n) is 13.7. The zero-order valence-corrected chi connectivity index (χ0v) is 13.7. The van der Waals surface area contributed by atoms with Crippen molar-refractivity contribution in [2.45, 2.75) is 6.92 Å². The summed E-state index contributed by atoms with van der Waals surface area (Å²) in [6.07, 6.45) is 5.42. The second-order valence-corrected chi connectivity index (χ2v) is 5.53. The molecule has 0 aliphatic carbocycles. The minimum absolute atomic E-state index is 0.240. The van der Waals surface area contributed by atoms with Crippen LogP contribution in [0.3, 0.4) is 0 Å². The van der Waals surface area contributed by atoms with Crippen LogP contribution in [0.4, 0.5) is 5.69 Å². The smallest absolute Gasteiger partial charge is 0.234 e. The third-order valence-electron chi connectivity index (χ3n) is 3.74. The summed E-state index contributed by atoms with van der Waals surface area (Å²) in [6, 6.07) is 11.7. The number of aromatic nitrogens is 7. The van der Waals surface area contributed by atoms with E-state index < -0.39 is 0 Å². The summed E-state index contributed by atoms with van der Waals surface area (Å²) >= 11 is 0. The first-order valence-electron chi connectivity index (χ1n) is 7.76. The van der Waals surface area contributed by atoms with Gasteiger partial charge in [-0.25, -0.2) is 9.97 Å². The lowest BCUT2D eigenvalue weighted by Crippen LogP contribution is -1.93. The number of nitrogens with one attached hydrogen (secondary N) is 2. The minimum Gasteiger partial charge on any atom is -0.360 e. The van der Waals surface area contributed by atoms with Gasteiger partial charge in [-0.1, -0.05) is 12.1 Å². The maximum absolute atomic E-state index is 9.16. The largest absolute Gasteiger partial charge is 0.360 e. The number of imidazole rings is 1. The van der Waals surface area contributed by atoms with Crippen LogP contribution in [-0.2, 0) is 0 Å². The van der Waals surface area contributed by atoms with E-state index in [-0.39, 0.29) is 11.4 Å². The number of nitriles is 1. The number of nitrogens with zero attached hydrogens (tertiary/aromatic N) is 7. The summed E-state index contributed by atoms with van der Waals surface area (Å²) in [4.78, 5) is 8.95. The van der Waals surface area contributed by atoms with Crippen LogP contribution in [0.25, 0.3) is 22.6 Å². The first-order valence-corrected chi connectivity index (χ1v) is 7.76. The SMILES string of the molecule is Cc1ccn2cc(-c3ccc(NC=C(C#N)c4nn[nH]n4)cc3)nc2n1. The molecule has 4 rings (SSSR count). The molecule has 0 radical (unpaired) electrons. The summed E-state index contributed by atoms with van der Waals surface area (Å²) in [7, 11) is 0. The summed E-state index contributed by atoms with van der Waals surface area (Å²) in [6.45, 7) is 1.94. The average molecular weight is 343 g/mol. The van der Waals surface area contributed by atoms with Crippen LogP contribution < -0.4 is 5.32 Å². The van der Waals surface area contributed by atoms with Gasteiger partial charge in [-0.15, -0.1) is 10.2 Å². The Bertz CT molecular complexity index is 1120. The first kappa shape index (κ1) is 15.5. The normalized spacial score (nSPS) is 11.5. The molecule has 0 bridgehead atoms. The van der Waals surface area contributed by atoms with Crippen molar-refractivity contribution in [1.82, 2.24) is 35.0 Å². The molecule has 0 saturated carbocycles. The van der Waals surface area contributed by atoms with E-state index >= 15 is 0 Å². The molecular formula is C17H13N9. The Hall–Kier alpha value is -4.06. The van der Waals surface area contributed by atoms with Gasteiger partial charge in [-0.2, -0.15) is 10.5 Å². The van der Waals surface area contributed by atoms with E-state index in [0.717, 1.165) is 22.6 Å². The van der Waals surface area contributed by atoms with Gasteiger partial charge in [0.05, 0.1) is 5.69 Å². The molecule has 0 saturated heterocycles. The quantitative estimate of drug-likeness (QED) is 0.545. The standard InChI is InChI=1S/C17H13N9/c1-11-6-7-26-10-15(21-17(26)20-11)12-2-4-14(5-3-12)19-9-13(8-18)16-22-24-25-23-16/h2-7,9-10,19H,1H3,(H,22,23,24,25). The Morgan fingerprint density at radius 1 is 1.23 bits per heavy atom. The zero-order chi connectivity index (χ0) is 17.9. The number of aromatic amines is 1. The van der Waals surface area contributed by atoms with E-state index in [4.69, 9.17) is 5.26 Å². The van der Waals surface area contributed by atoms with Gasteiger partial charge in [0.2, 0.25) is 11.6 Å². The topological polar surface area (TPSA) is 120 Å². The molecule has 0 amide bonds. The van der Waals surface area contributed by atoms with Gasteiger partial charge in [0.1, 0.15) is 11.6 Å². The molecule has 1 aromatic carbocycles. The molecule has 0 atom stereocenters. The fourth-order valence-corrected chi connectivity index (χ4v) is 2.41. The second-order valence-electron chi connectivity index (χ2n) is 5.53. The highest BCUT2D eigenvalue weighted by atomic mass is 15.5. The Kier molecular flexibility index (Phi) is 3.83. The molecule has 3 aromatic heterocycles.